The van der Waals surface area contributed by atoms with Gasteiger partial charge in [0, 0.05) is 24.8 Å². The van der Waals surface area contributed by atoms with Gasteiger partial charge in [0.15, 0.2) is 11.5 Å². The Kier molecular flexibility index (Phi) is 3.92. The van der Waals surface area contributed by atoms with Gasteiger partial charge < -0.3 is 25.4 Å². The van der Waals surface area contributed by atoms with Crippen LogP contribution in [0.15, 0.2) is 18.2 Å². The van der Waals surface area contributed by atoms with E-state index >= 15 is 0 Å². The number of nitrogens with two attached hydrogens (primary N) is 1. The first-order chi connectivity index (χ1) is 11.0. The summed E-state index contributed by atoms with van der Waals surface area (Å²) in [6.45, 7) is 0.678. The molecule has 1 aromatic rings. The second-order valence-corrected chi connectivity index (χ2v) is 5.14. The zero-order valence-corrected chi connectivity index (χ0v) is 12.3. The Bertz CT molecular complexity index is 663. The molecule has 0 aliphatic carbocycles. The molecule has 0 atom stereocenters. The van der Waals surface area contributed by atoms with Gasteiger partial charge >= 0.3 is 6.03 Å². The van der Waals surface area contributed by atoms with E-state index in [0.717, 1.165) is 0 Å². The minimum atomic E-state index is -0.631. The second-order valence-electron chi connectivity index (χ2n) is 5.14. The minimum Gasteiger partial charge on any atom is -0.454 e. The SMILES string of the molecule is NC(=O)CNC(=O)CN1CCN(c2ccc3c(c2)OCO3)C1=O. The van der Waals surface area contributed by atoms with Gasteiger partial charge in [-0.25, -0.2) is 4.79 Å². The van der Waals surface area contributed by atoms with E-state index in [1.54, 1.807) is 23.1 Å². The van der Waals surface area contributed by atoms with Crippen LogP contribution >= 0.6 is 0 Å². The number of nitrogens with one attached hydrogen (secondary N) is 1. The third-order valence-electron chi connectivity index (χ3n) is 3.56. The Hall–Kier alpha value is -2.97. The number of fused-ring (bicyclic) bond motifs is 1. The van der Waals surface area contributed by atoms with E-state index in [0.29, 0.717) is 30.3 Å². The van der Waals surface area contributed by atoms with Crippen LogP contribution in [0.2, 0.25) is 0 Å². The van der Waals surface area contributed by atoms with Gasteiger partial charge in [0.05, 0.1) is 6.54 Å². The van der Waals surface area contributed by atoms with Gasteiger partial charge in [-0.1, -0.05) is 0 Å². The summed E-state index contributed by atoms with van der Waals surface area (Å²) in [5.41, 5.74) is 5.63. The van der Waals surface area contributed by atoms with Gasteiger partial charge in [-0.3, -0.25) is 14.5 Å². The highest BCUT2D eigenvalue weighted by Crippen LogP contribution is 2.36. The molecule has 1 fully saturated rings. The molecular formula is C14H16N4O5. The van der Waals surface area contributed by atoms with Gasteiger partial charge in [0.1, 0.15) is 6.54 Å². The number of primary amides is 1. The number of carbonyl (C=O) groups excluding carboxylic acids is 3. The number of hydrogen-bond acceptors (Lipinski definition) is 5. The van der Waals surface area contributed by atoms with Gasteiger partial charge in [0.25, 0.3) is 0 Å². The number of ether oxygens (including phenoxy) is 2. The number of benzene rings is 1. The van der Waals surface area contributed by atoms with Crippen LogP contribution in [0.5, 0.6) is 11.5 Å². The van der Waals surface area contributed by atoms with Crippen LogP contribution in [0.25, 0.3) is 0 Å². The summed E-state index contributed by atoms with van der Waals surface area (Å²) in [6.07, 6.45) is 0. The van der Waals surface area contributed by atoms with Crippen molar-refractivity contribution in [3.63, 3.8) is 0 Å². The topological polar surface area (TPSA) is 114 Å². The standard InChI is InChI=1S/C14H16N4O5/c15-12(19)6-16-13(20)7-17-3-4-18(14(17)21)9-1-2-10-11(5-9)23-8-22-10/h1-2,5H,3-4,6-8H2,(H2,15,19)(H,16,20). The van der Waals surface area contributed by atoms with Crippen LogP contribution in [0.4, 0.5) is 10.5 Å². The summed E-state index contributed by atoms with van der Waals surface area (Å²) in [7, 11) is 0. The van der Waals surface area contributed by atoms with Crippen molar-refractivity contribution in [2.24, 2.45) is 5.73 Å². The highest BCUT2D eigenvalue weighted by molar-refractivity contribution is 5.97. The monoisotopic (exact) mass is 320 g/mol. The van der Waals surface area contributed by atoms with E-state index in [1.165, 1.54) is 4.90 Å². The van der Waals surface area contributed by atoms with Crippen molar-refractivity contribution in [1.82, 2.24) is 10.2 Å². The summed E-state index contributed by atoms with van der Waals surface area (Å²) in [5.74, 6) is 0.175. The van der Waals surface area contributed by atoms with Crippen molar-refractivity contribution in [3.8, 4) is 11.5 Å². The Balaban J connectivity index is 1.62. The molecular weight excluding hydrogens is 304 g/mol. The molecule has 0 saturated carbocycles. The molecule has 4 amide bonds. The third kappa shape index (κ3) is 3.12. The fourth-order valence-electron chi connectivity index (χ4n) is 2.44. The molecule has 1 saturated heterocycles. The molecule has 23 heavy (non-hydrogen) atoms. The van der Waals surface area contributed by atoms with Crippen LogP contribution in [-0.4, -0.2) is 55.7 Å². The van der Waals surface area contributed by atoms with E-state index in [9.17, 15) is 14.4 Å². The van der Waals surface area contributed by atoms with E-state index < -0.39 is 11.8 Å². The largest absolute Gasteiger partial charge is 0.454 e. The predicted molar refractivity (Wildman–Crippen MR) is 79.1 cm³/mol. The van der Waals surface area contributed by atoms with Crippen molar-refractivity contribution >= 4 is 23.5 Å². The number of amides is 4. The molecule has 0 spiro atoms. The molecule has 0 unspecified atom stereocenters. The van der Waals surface area contributed by atoms with Crippen LogP contribution in [0.3, 0.4) is 0 Å². The lowest BCUT2D eigenvalue weighted by Crippen LogP contribution is -2.42. The molecule has 2 aliphatic rings. The van der Waals surface area contributed by atoms with Crippen LogP contribution < -0.4 is 25.4 Å². The lowest BCUT2D eigenvalue weighted by atomic mass is 10.2. The maximum atomic E-state index is 12.4. The van der Waals surface area contributed by atoms with E-state index in [1.807, 2.05) is 0 Å². The molecule has 2 aliphatic heterocycles. The van der Waals surface area contributed by atoms with Crippen LogP contribution in [0, 0.1) is 0 Å². The Morgan fingerprint density at radius 3 is 2.78 bits per heavy atom. The van der Waals surface area contributed by atoms with Crippen LogP contribution in [0.1, 0.15) is 0 Å². The zero-order chi connectivity index (χ0) is 16.4. The average Bonchev–Trinajstić information content (AvgIpc) is 3.12. The number of rotatable bonds is 5. The number of hydrogen-bond donors (Lipinski definition) is 2. The third-order valence-corrected chi connectivity index (χ3v) is 3.56. The predicted octanol–water partition coefficient (Wildman–Crippen LogP) is -0.741. The number of anilines is 1. The summed E-state index contributed by atoms with van der Waals surface area (Å²) in [5, 5.41) is 2.36. The lowest BCUT2D eigenvalue weighted by Gasteiger charge is -2.18. The first-order valence-electron chi connectivity index (χ1n) is 7.05. The Labute approximate surface area is 131 Å². The van der Waals surface area contributed by atoms with Gasteiger partial charge in [-0.15, -0.1) is 0 Å². The fraction of sp³-hybridized carbons (Fsp3) is 0.357. The highest BCUT2D eigenvalue weighted by atomic mass is 16.7. The van der Waals surface area contributed by atoms with Crippen LogP contribution in [-0.2, 0) is 9.59 Å². The van der Waals surface area contributed by atoms with Crippen molar-refractivity contribution in [2.75, 3.05) is 37.9 Å². The molecule has 122 valence electrons. The van der Waals surface area contributed by atoms with Crippen molar-refractivity contribution in [3.05, 3.63) is 18.2 Å². The maximum absolute atomic E-state index is 12.4. The van der Waals surface area contributed by atoms with E-state index in [-0.39, 0.29) is 25.9 Å². The Morgan fingerprint density at radius 2 is 2.00 bits per heavy atom. The average molecular weight is 320 g/mol. The van der Waals surface area contributed by atoms with Crippen molar-refractivity contribution in [1.29, 1.82) is 0 Å². The quantitative estimate of drug-likeness (QED) is 0.741. The molecule has 0 aromatic heterocycles. The first-order valence-corrected chi connectivity index (χ1v) is 7.05. The smallest absolute Gasteiger partial charge is 0.325 e. The number of urea groups is 1. The second kappa shape index (κ2) is 6.03. The lowest BCUT2D eigenvalue weighted by molar-refractivity contribution is -0.125. The molecule has 3 N–H and O–H groups in total. The minimum absolute atomic E-state index is 0.118. The van der Waals surface area contributed by atoms with Gasteiger partial charge in [-0.2, -0.15) is 0 Å². The van der Waals surface area contributed by atoms with Gasteiger partial charge in [0.2, 0.25) is 18.6 Å². The maximum Gasteiger partial charge on any atom is 0.325 e. The molecule has 2 heterocycles. The number of nitrogens with zero attached hydrogens (tertiary/aromatic N) is 2. The van der Waals surface area contributed by atoms with Crippen molar-refractivity contribution < 1.29 is 23.9 Å². The zero-order valence-electron chi connectivity index (χ0n) is 12.3. The molecule has 0 radical (unpaired) electrons. The summed E-state index contributed by atoms with van der Waals surface area (Å²) in [6, 6.07) is 4.96. The van der Waals surface area contributed by atoms with Gasteiger partial charge in [-0.05, 0) is 12.1 Å². The summed E-state index contributed by atoms with van der Waals surface area (Å²) < 4.78 is 10.5. The molecule has 1 aromatic carbocycles. The molecule has 9 nitrogen and oxygen atoms in total. The normalized spacial score (nSPS) is 15.9. The molecule has 0 bridgehead atoms. The molecule has 3 rings (SSSR count). The van der Waals surface area contributed by atoms with E-state index in [2.05, 4.69) is 5.32 Å². The summed E-state index contributed by atoms with van der Waals surface area (Å²) >= 11 is 0. The van der Waals surface area contributed by atoms with Crippen molar-refractivity contribution in [2.45, 2.75) is 0 Å². The molecule has 9 heteroatoms. The summed E-state index contributed by atoms with van der Waals surface area (Å²) in [4.78, 5) is 37.7. The first kappa shape index (κ1) is 14.9. The number of carbonyl (C=O) groups is 3. The highest BCUT2D eigenvalue weighted by Gasteiger charge is 2.31. The fourth-order valence-corrected chi connectivity index (χ4v) is 2.44. The van der Waals surface area contributed by atoms with E-state index in [4.69, 9.17) is 15.2 Å². The Morgan fingerprint density at radius 1 is 1.22 bits per heavy atom.